The topological polar surface area (TPSA) is 12.0 Å². The van der Waals surface area contributed by atoms with Crippen LogP contribution < -0.4 is 5.32 Å². The smallest absolute Gasteiger partial charge is 0.141 e. The van der Waals surface area contributed by atoms with Crippen molar-refractivity contribution in [3.8, 4) is 0 Å². The monoisotopic (exact) mass is 425 g/mol. The second-order valence-corrected chi connectivity index (χ2v) is 7.73. The van der Waals surface area contributed by atoms with Crippen LogP contribution in [-0.4, -0.2) is 7.05 Å². The van der Waals surface area contributed by atoms with E-state index >= 15 is 0 Å². The first-order valence-electron chi connectivity index (χ1n) is 5.57. The van der Waals surface area contributed by atoms with Crippen molar-refractivity contribution in [3.05, 3.63) is 53.8 Å². The van der Waals surface area contributed by atoms with Crippen molar-refractivity contribution in [1.29, 1.82) is 0 Å². The molecule has 0 saturated heterocycles. The zero-order valence-corrected chi connectivity index (χ0v) is 14.8. The fraction of sp³-hybridized carbons (Fsp3) is 0.231. The van der Waals surface area contributed by atoms with Crippen molar-refractivity contribution in [2.24, 2.45) is 0 Å². The minimum atomic E-state index is -0.381. The van der Waals surface area contributed by atoms with Crippen LogP contribution in [0.15, 0.2) is 32.5 Å². The largest absolute Gasteiger partial charge is 0.312 e. The number of halogens is 4. The summed E-state index contributed by atoms with van der Waals surface area (Å²) in [6.45, 7) is 0. The summed E-state index contributed by atoms with van der Waals surface area (Å²) in [6.07, 6.45) is 0.760. The highest BCUT2D eigenvalue weighted by Gasteiger charge is 2.15. The Kier molecular flexibility index (Phi) is 5.43. The summed E-state index contributed by atoms with van der Waals surface area (Å²) in [5, 5.41) is 3.44. The average molecular weight is 428 g/mol. The fourth-order valence-electron chi connectivity index (χ4n) is 1.78. The summed E-state index contributed by atoms with van der Waals surface area (Å²) in [4.78, 5) is 1.21. The minimum Gasteiger partial charge on any atom is -0.312 e. The maximum absolute atomic E-state index is 13.1. The molecule has 0 aliphatic rings. The van der Waals surface area contributed by atoms with Crippen LogP contribution in [-0.2, 0) is 6.42 Å². The summed E-state index contributed by atoms with van der Waals surface area (Å²) in [7, 11) is 1.91. The van der Waals surface area contributed by atoms with Crippen LogP contribution >= 0.6 is 54.8 Å². The van der Waals surface area contributed by atoms with Gasteiger partial charge in [0.1, 0.15) is 5.82 Å². The number of thiophene rings is 1. The molecule has 0 aliphatic heterocycles. The van der Waals surface area contributed by atoms with Crippen molar-refractivity contribution in [2.75, 3.05) is 7.05 Å². The molecule has 0 spiro atoms. The molecule has 0 amide bonds. The number of likely N-dealkylation sites (N-methyl/N-ethyl adjacent to an activating group) is 1. The highest BCUT2D eigenvalue weighted by molar-refractivity contribution is 9.13. The summed E-state index contributed by atoms with van der Waals surface area (Å²) in [6, 6.07) is 7.11. The van der Waals surface area contributed by atoms with Gasteiger partial charge in [0, 0.05) is 15.4 Å². The van der Waals surface area contributed by atoms with E-state index in [1.165, 1.54) is 10.9 Å². The van der Waals surface area contributed by atoms with E-state index in [4.69, 9.17) is 11.6 Å². The standard InChI is InChI=1S/C13H11Br2ClFNS/c1-18-11(12-6-8(14)13(15)19-12)5-7-2-3-10(17)9(16)4-7/h2-4,6,11,18H,5H2,1H3. The Hall–Kier alpha value is 0.0600. The molecule has 0 bridgehead atoms. The Labute approximate surface area is 137 Å². The lowest BCUT2D eigenvalue weighted by Gasteiger charge is -2.14. The van der Waals surface area contributed by atoms with Gasteiger partial charge >= 0.3 is 0 Å². The van der Waals surface area contributed by atoms with E-state index in [-0.39, 0.29) is 16.9 Å². The third-order valence-electron chi connectivity index (χ3n) is 2.78. The lowest BCUT2D eigenvalue weighted by atomic mass is 10.0. The first kappa shape index (κ1) is 15.4. The Morgan fingerprint density at radius 1 is 1.37 bits per heavy atom. The lowest BCUT2D eigenvalue weighted by Crippen LogP contribution is -2.17. The van der Waals surface area contributed by atoms with Crippen LogP contribution in [0.1, 0.15) is 16.5 Å². The molecule has 2 aromatic rings. The third-order valence-corrected chi connectivity index (χ3v) is 6.44. The highest BCUT2D eigenvalue weighted by atomic mass is 79.9. The van der Waals surface area contributed by atoms with E-state index in [9.17, 15) is 4.39 Å². The molecule has 0 fully saturated rings. The number of benzene rings is 1. The zero-order chi connectivity index (χ0) is 14.0. The van der Waals surface area contributed by atoms with Crippen molar-refractivity contribution in [1.82, 2.24) is 5.32 Å². The van der Waals surface area contributed by atoms with Gasteiger partial charge in [-0.3, -0.25) is 0 Å². The van der Waals surface area contributed by atoms with E-state index < -0.39 is 0 Å². The summed E-state index contributed by atoms with van der Waals surface area (Å²) < 4.78 is 15.3. The molecule has 0 aliphatic carbocycles. The molecule has 6 heteroatoms. The maximum Gasteiger partial charge on any atom is 0.141 e. The number of rotatable bonds is 4. The molecular weight excluding hydrogens is 416 g/mol. The average Bonchev–Trinajstić information content (AvgIpc) is 2.71. The van der Waals surface area contributed by atoms with E-state index in [1.807, 2.05) is 7.05 Å². The summed E-state index contributed by atoms with van der Waals surface area (Å²) >= 11 is 14.5. The Morgan fingerprint density at radius 3 is 2.63 bits per heavy atom. The van der Waals surface area contributed by atoms with Gasteiger partial charge in [-0.05, 0) is 69.1 Å². The van der Waals surface area contributed by atoms with Crippen LogP contribution in [0.25, 0.3) is 0 Å². The van der Waals surface area contributed by atoms with Crippen LogP contribution in [0.5, 0.6) is 0 Å². The van der Waals surface area contributed by atoms with Gasteiger partial charge in [0.05, 0.1) is 8.81 Å². The number of nitrogens with one attached hydrogen (secondary N) is 1. The first-order valence-corrected chi connectivity index (χ1v) is 8.35. The van der Waals surface area contributed by atoms with Gasteiger partial charge in [0.25, 0.3) is 0 Å². The van der Waals surface area contributed by atoms with Gasteiger partial charge in [-0.25, -0.2) is 4.39 Å². The van der Waals surface area contributed by atoms with E-state index in [0.29, 0.717) is 0 Å². The van der Waals surface area contributed by atoms with E-state index in [2.05, 4.69) is 43.2 Å². The molecule has 102 valence electrons. The first-order chi connectivity index (χ1) is 9.01. The predicted molar refractivity (Wildman–Crippen MR) is 86.6 cm³/mol. The molecule has 1 heterocycles. The van der Waals surface area contributed by atoms with Gasteiger partial charge < -0.3 is 5.32 Å². The fourth-order valence-corrected chi connectivity index (χ4v) is 4.19. The molecule has 1 N–H and O–H groups in total. The van der Waals surface area contributed by atoms with Crippen molar-refractivity contribution in [2.45, 2.75) is 12.5 Å². The van der Waals surface area contributed by atoms with Gasteiger partial charge in [0.15, 0.2) is 0 Å². The van der Waals surface area contributed by atoms with Crippen LogP contribution in [0.2, 0.25) is 5.02 Å². The van der Waals surface area contributed by atoms with Crippen LogP contribution in [0, 0.1) is 5.82 Å². The second kappa shape index (κ2) is 6.68. The normalized spacial score (nSPS) is 12.7. The molecule has 1 nitrogen and oxygen atoms in total. The van der Waals surface area contributed by atoms with E-state index in [0.717, 1.165) is 20.2 Å². The summed E-state index contributed by atoms with van der Waals surface area (Å²) in [5.74, 6) is -0.381. The molecule has 1 unspecified atom stereocenters. The van der Waals surface area contributed by atoms with Crippen molar-refractivity contribution < 1.29 is 4.39 Å². The molecule has 0 radical (unpaired) electrons. The molecule has 1 aromatic heterocycles. The Morgan fingerprint density at radius 2 is 2.11 bits per heavy atom. The maximum atomic E-state index is 13.1. The zero-order valence-electron chi connectivity index (χ0n) is 10.0. The third kappa shape index (κ3) is 3.79. The van der Waals surface area contributed by atoms with Gasteiger partial charge in [-0.15, -0.1) is 11.3 Å². The molecule has 2 rings (SSSR count). The SMILES string of the molecule is CNC(Cc1ccc(F)c(Cl)c1)c1cc(Br)c(Br)s1. The van der Waals surface area contributed by atoms with Gasteiger partial charge in [0.2, 0.25) is 0 Å². The lowest BCUT2D eigenvalue weighted by molar-refractivity contribution is 0.598. The quantitative estimate of drug-likeness (QED) is 0.673. The predicted octanol–water partition coefficient (Wildman–Crippen LogP) is 5.57. The number of hydrogen-bond acceptors (Lipinski definition) is 2. The van der Waals surface area contributed by atoms with Crippen molar-refractivity contribution >= 4 is 54.8 Å². The van der Waals surface area contributed by atoms with Crippen molar-refractivity contribution in [3.63, 3.8) is 0 Å². The molecule has 19 heavy (non-hydrogen) atoms. The Bertz CT molecular complexity index is 569. The Balaban J connectivity index is 2.21. The number of hydrogen-bond donors (Lipinski definition) is 1. The second-order valence-electron chi connectivity index (χ2n) is 4.06. The molecule has 1 atom stereocenters. The summed E-state index contributed by atoms with van der Waals surface area (Å²) in [5.41, 5.74) is 1.01. The minimum absolute atomic E-state index is 0.167. The molecule has 0 saturated carbocycles. The van der Waals surface area contributed by atoms with Gasteiger partial charge in [-0.1, -0.05) is 17.7 Å². The molecular formula is C13H11Br2ClFNS. The van der Waals surface area contributed by atoms with Crippen LogP contribution in [0.3, 0.4) is 0 Å². The van der Waals surface area contributed by atoms with Gasteiger partial charge in [-0.2, -0.15) is 0 Å². The van der Waals surface area contributed by atoms with Crippen LogP contribution in [0.4, 0.5) is 4.39 Å². The van der Waals surface area contributed by atoms with E-state index in [1.54, 1.807) is 23.5 Å². The molecule has 1 aromatic carbocycles. The highest BCUT2D eigenvalue weighted by Crippen LogP contribution is 2.36.